The number of hydrogen-bond acceptors (Lipinski definition) is 6. The predicted octanol–water partition coefficient (Wildman–Crippen LogP) is 3.76. The van der Waals surface area contributed by atoms with E-state index in [-0.39, 0.29) is 24.4 Å². The largest absolute Gasteiger partial charge is 0.500 e. The van der Waals surface area contributed by atoms with E-state index in [1.807, 2.05) is 42.6 Å². The molecule has 0 saturated carbocycles. The molecule has 2 amide bonds. The number of halogens is 3. The molecular formula is C29H34F3N7O3. The Labute approximate surface area is 241 Å². The number of methoxy groups -OCH3 is 1. The number of H-pyrrole nitrogens is 1. The van der Waals surface area contributed by atoms with E-state index in [4.69, 9.17) is 4.74 Å². The number of allylic oxidation sites excluding steroid dienone is 1. The maximum atomic E-state index is 13.7. The maximum absolute atomic E-state index is 13.7. The van der Waals surface area contributed by atoms with Crippen LogP contribution in [-0.2, 0) is 9.53 Å². The van der Waals surface area contributed by atoms with Crippen molar-refractivity contribution in [3.05, 3.63) is 59.2 Å². The van der Waals surface area contributed by atoms with Gasteiger partial charge in [-0.15, -0.1) is 0 Å². The van der Waals surface area contributed by atoms with Crippen molar-refractivity contribution >= 4 is 23.0 Å². The SMILES string of the molecule is COC1=CC(C)=NC(=O)C1CNC(=O)c1cc2c(-c3ccn[nH]3)ccn2c([C@H](C)N2CCN(CC(F)(F)F)CC2)c1C. The molecule has 2 atom stereocenters. The van der Waals surface area contributed by atoms with Crippen LogP contribution < -0.4 is 5.32 Å². The molecule has 1 unspecified atom stereocenters. The van der Waals surface area contributed by atoms with Crippen LogP contribution in [0.3, 0.4) is 0 Å². The second-order valence-corrected chi connectivity index (χ2v) is 10.7. The first-order chi connectivity index (χ1) is 20.0. The third-order valence-electron chi connectivity index (χ3n) is 8.03. The molecule has 0 aromatic carbocycles. The molecular weight excluding hydrogens is 551 g/mol. The summed E-state index contributed by atoms with van der Waals surface area (Å²) in [6.07, 6.45) is 1.03. The Balaban J connectivity index is 1.46. The highest BCUT2D eigenvalue weighted by atomic mass is 19.4. The number of aromatic amines is 1. The average Bonchev–Trinajstić information content (AvgIpc) is 3.61. The van der Waals surface area contributed by atoms with Crippen LogP contribution in [0.2, 0.25) is 0 Å². The number of pyridine rings is 1. The number of rotatable bonds is 8. The average molecular weight is 586 g/mol. The molecule has 13 heteroatoms. The van der Waals surface area contributed by atoms with Crippen LogP contribution in [0.15, 0.2) is 47.4 Å². The molecule has 0 spiro atoms. The molecule has 10 nitrogen and oxygen atoms in total. The quantitative estimate of drug-likeness (QED) is 0.417. The summed E-state index contributed by atoms with van der Waals surface area (Å²) in [5, 5.41) is 9.94. The fourth-order valence-corrected chi connectivity index (χ4v) is 5.88. The summed E-state index contributed by atoms with van der Waals surface area (Å²) in [5.41, 5.74) is 4.98. The van der Waals surface area contributed by atoms with E-state index in [0.717, 1.165) is 28.0 Å². The lowest BCUT2D eigenvalue weighted by molar-refractivity contribution is -0.149. The first-order valence-corrected chi connectivity index (χ1v) is 13.8. The number of dihydropyridines is 1. The first-order valence-electron chi connectivity index (χ1n) is 13.8. The Kier molecular flexibility index (Phi) is 8.24. The van der Waals surface area contributed by atoms with Crippen LogP contribution in [0.25, 0.3) is 16.8 Å². The highest BCUT2D eigenvalue weighted by molar-refractivity contribution is 6.06. The molecule has 5 heterocycles. The molecule has 3 aromatic heterocycles. The van der Waals surface area contributed by atoms with E-state index in [9.17, 15) is 22.8 Å². The van der Waals surface area contributed by atoms with E-state index >= 15 is 0 Å². The Morgan fingerprint density at radius 2 is 1.95 bits per heavy atom. The van der Waals surface area contributed by atoms with Crippen molar-refractivity contribution in [1.82, 2.24) is 29.7 Å². The second kappa shape index (κ2) is 11.7. The van der Waals surface area contributed by atoms with Gasteiger partial charge in [-0.1, -0.05) is 0 Å². The summed E-state index contributed by atoms with van der Waals surface area (Å²) in [6, 6.07) is 5.40. The smallest absolute Gasteiger partial charge is 0.401 e. The van der Waals surface area contributed by atoms with Crippen LogP contribution in [0.5, 0.6) is 0 Å². The Hall–Kier alpha value is -3.97. The molecule has 2 aliphatic rings. The molecule has 1 saturated heterocycles. The topological polar surface area (TPSA) is 107 Å². The number of carbonyl (C=O) groups excluding carboxylic acids is 2. The number of fused-ring (bicyclic) bond motifs is 1. The predicted molar refractivity (Wildman–Crippen MR) is 151 cm³/mol. The monoisotopic (exact) mass is 585 g/mol. The molecule has 2 N–H and O–H groups in total. The number of nitrogens with zero attached hydrogens (tertiary/aromatic N) is 5. The number of alkyl halides is 3. The number of nitrogens with one attached hydrogen (secondary N) is 2. The van der Waals surface area contributed by atoms with Crippen molar-refractivity contribution in [2.24, 2.45) is 10.9 Å². The number of ether oxygens (including phenoxy) is 1. The number of aliphatic imine (C=N–C) groups is 1. The highest BCUT2D eigenvalue weighted by Gasteiger charge is 2.34. The molecule has 3 aromatic rings. The Morgan fingerprint density at radius 3 is 2.60 bits per heavy atom. The summed E-state index contributed by atoms with van der Waals surface area (Å²) in [5.74, 6) is -1.03. The molecule has 0 radical (unpaired) electrons. The van der Waals surface area contributed by atoms with E-state index in [1.165, 1.54) is 12.0 Å². The number of piperazine rings is 1. The lowest BCUT2D eigenvalue weighted by atomic mass is 9.98. The van der Waals surface area contributed by atoms with Crippen molar-refractivity contribution in [1.29, 1.82) is 0 Å². The van der Waals surface area contributed by atoms with Gasteiger partial charge in [-0.3, -0.25) is 24.5 Å². The number of amides is 2. The summed E-state index contributed by atoms with van der Waals surface area (Å²) in [4.78, 5) is 33.8. The van der Waals surface area contributed by atoms with Gasteiger partial charge in [0.05, 0.1) is 24.9 Å². The van der Waals surface area contributed by atoms with Crippen molar-refractivity contribution < 1.29 is 27.5 Å². The molecule has 42 heavy (non-hydrogen) atoms. The van der Waals surface area contributed by atoms with E-state index in [1.54, 1.807) is 19.2 Å². The molecule has 0 aliphatic carbocycles. The van der Waals surface area contributed by atoms with Crippen LogP contribution in [0.4, 0.5) is 13.2 Å². The van der Waals surface area contributed by atoms with Gasteiger partial charge in [0.1, 0.15) is 11.7 Å². The number of aromatic nitrogens is 3. The van der Waals surface area contributed by atoms with Gasteiger partial charge in [0.15, 0.2) is 0 Å². The molecule has 224 valence electrons. The second-order valence-electron chi connectivity index (χ2n) is 10.7. The van der Waals surface area contributed by atoms with E-state index in [0.29, 0.717) is 43.2 Å². The van der Waals surface area contributed by atoms with Crippen molar-refractivity contribution in [3.8, 4) is 11.3 Å². The first kappa shape index (κ1) is 29.5. The summed E-state index contributed by atoms with van der Waals surface area (Å²) >= 11 is 0. The fraction of sp³-hybridized carbons (Fsp3) is 0.448. The van der Waals surface area contributed by atoms with Crippen LogP contribution in [0, 0.1) is 12.8 Å². The van der Waals surface area contributed by atoms with Crippen molar-refractivity contribution in [2.45, 2.75) is 33.0 Å². The molecule has 0 bridgehead atoms. The van der Waals surface area contributed by atoms with Gasteiger partial charge in [-0.05, 0) is 50.6 Å². The third-order valence-corrected chi connectivity index (χ3v) is 8.03. The number of carbonyl (C=O) groups is 2. The van der Waals surface area contributed by atoms with Gasteiger partial charge in [0, 0.05) is 73.7 Å². The molecule has 1 fully saturated rings. The van der Waals surface area contributed by atoms with Gasteiger partial charge < -0.3 is 14.5 Å². The highest BCUT2D eigenvalue weighted by Crippen LogP contribution is 2.33. The van der Waals surface area contributed by atoms with Gasteiger partial charge in [-0.2, -0.15) is 18.3 Å². The summed E-state index contributed by atoms with van der Waals surface area (Å²) in [6.45, 7) is 6.18. The third kappa shape index (κ3) is 5.97. The van der Waals surface area contributed by atoms with Crippen LogP contribution in [-0.4, -0.2) is 94.5 Å². The minimum atomic E-state index is -4.24. The van der Waals surface area contributed by atoms with Gasteiger partial charge in [0.2, 0.25) is 0 Å². The zero-order chi connectivity index (χ0) is 30.2. The van der Waals surface area contributed by atoms with E-state index in [2.05, 4.69) is 25.4 Å². The fourth-order valence-electron chi connectivity index (χ4n) is 5.88. The van der Waals surface area contributed by atoms with Gasteiger partial charge in [0.25, 0.3) is 11.8 Å². The van der Waals surface area contributed by atoms with Gasteiger partial charge >= 0.3 is 6.18 Å². The number of hydrogen-bond donors (Lipinski definition) is 2. The minimum Gasteiger partial charge on any atom is -0.500 e. The standard InChI is InChI=1S/C29H34F3N7O3/c1-17-13-25(42-4)22(28(41)35-17)15-33-27(40)21-14-24-20(23-5-7-34-36-23)6-8-39(24)26(18(21)2)19(3)38-11-9-37(10-12-38)16-29(30,31)32/h5-8,13-14,19,22H,9-12,15-16H2,1-4H3,(H,33,40)(H,34,36)/t19-,22?/m0/s1. The Bertz CT molecular complexity index is 1530. The summed E-state index contributed by atoms with van der Waals surface area (Å²) in [7, 11) is 1.48. The van der Waals surface area contributed by atoms with Gasteiger partial charge in [-0.25, -0.2) is 4.99 Å². The normalized spacial score (nSPS) is 19.5. The Morgan fingerprint density at radius 1 is 1.21 bits per heavy atom. The zero-order valence-corrected chi connectivity index (χ0v) is 24.0. The summed E-state index contributed by atoms with van der Waals surface area (Å²) < 4.78 is 46.3. The van der Waals surface area contributed by atoms with Crippen LogP contribution >= 0.6 is 0 Å². The minimum absolute atomic E-state index is 0.0131. The molecule has 5 rings (SSSR count). The lowest BCUT2D eigenvalue weighted by Gasteiger charge is -2.39. The van der Waals surface area contributed by atoms with E-state index < -0.39 is 18.6 Å². The maximum Gasteiger partial charge on any atom is 0.401 e. The zero-order valence-electron chi connectivity index (χ0n) is 24.0. The van der Waals surface area contributed by atoms with Crippen molar-refractivity contribution in [2.75, 3.05) is 46.4 Å². The lowest BCUT2D eigenvalue weighted by Crippen LogP contribution is -2.50. The molecule has 2 aliphatic heterocycles. The van der Waals surface area contributed by atoms with Crippen LogP contribution in [0.1, 0.15) is 41.5 Å². The van der Waals surface area contributed by atoms with Crippen molar-refractivity contribution in [3.63, 3.8) is 0 Å².